The summed E-state index contributed by atoms with van der Waals surface area (Å²) in [6.45, 7) is 0.178. The fourth-order valence-electron chi connectivity index (χ4n) is 1.18. The minimum atomic E-state index is -1.26. The third-order valence-corrected chi connectivity index (χ3v) is 1.82. The Labute approximate surface area is 62.5 Å². The lowest BCUT2D eigenvalue weighted by molar-refractivity contribution is -0.140. The third-order valence-electron chi connectivity index (χ3n) is 1.82. The van der Waals surface area contributed by atoms with E-state index < -0.39 is 24.3 Å². The van der Waals surface area contributed by atoms with Crippen molar-refractivity contribution in [1.82, 2.24) is 0 Å². The molecule has 2 rings (SSSR count). The van der Waals surface area contributed by atoms with Gasteiger partial charge in [-0.3, -0.25) is 0 Å². The first-order chi connectivity index (χ1) is 5.20. The van der Waals surface area contributed by atoms with Gasteiger partial charge in [-0.05, 0) is 0 Å². The van der Waals surface area contributed by atoms with Crippen molar-refractivity contribution in [3.05, 3.63) is 11.5 Å². The largest absolute Gasteiger partial charge is 0.506 e. The molecule has 0 aromatic carbocycles. The summed E-state index contributed by atoms with van der Waals surface area (Å²) >= 11 is 0. The summed E-state index contributed by atoms with van der Waals surface area (Å²) in [4.78, 5) is 0. The van der Waals surface area contributed by atoms with Gasteiger partial charge in [-0.15, -0.1) is 0 Å². The molecule has 0 saturated carbocycles. The van der Waals surface area contributed by atoms with Gasteiger partial charge in [0.25, 0.3) is 0 Å². The van der Waals surface area contributed by atoms with E-state index in [1.807, 2.05) is 0 Å². The summed E-state index contributed by atoms with van der Waals surface area (Å²) in [6, 6.07) is 0. The molecule has 2 heterocycles. The topological polar surface area (TPSA) is 79.2 Å². The van der Waals surface area contributed by atoms with Crippen LogP contribution < -0.4 is 0 Å². The minimum absolute atomic E-state index is 0.178. The van der Waals surface area contributed by atoms with E-state index in [0.29, 0.717) is 0 Å². The van der Waals surface area contributed by atoms with Crippen LogP contribution in [0.15, 0.2) is 11.5 Å². The smallest absolute Gasteiger partial charge is 0.192 e. The molecule has 1 fully saturated rings. The summed E-state index contributed by atoms with van der Waals surface area (Å²) in [6.07, 6.45) is -2.69. The lowest BCUT2D eigenvalue weighted by atomic mass is 10.1. The average molecular weight is 160 g/mol. The minimum Gasteiger partial charge on any atom is -0.506 e. The Morgan fingerprint density at radius 3 is 2.73 bits per heavy atom. The number of aliphatic hydroxyl groups is 3. The van der Waals surface area contributed by atoms with Crippen LogP contribution in [-0.4, -0.2) is 40.4 Å². The SMILES string of the molecule is OC1=C(O)[C@H](O)[C@@H]2OC[C@H]1O2. The van der Waals surface area contributed by atoms with Gasteiger partial charge in [-0.1, -0.05) is 0 Å². The second-order valence-electron chi connectivity index (χ2n) is 2.54. The van der Waals surface area contributed by atoms with E-state index in [4.69, 9.17) is 24.8 Å². The fourth-order valence-corrected chi connectivity index (χ4v) is 1.18. The van der Waals surface area contributed by atoms with Crippen molar-refractivity contribution in [2.45, 2.75) is 18.5 Å². The van der Waals surface area contributed by atoms with Crippen LogP contribution in [0.3, 0.4) is 0 Å². The molecule has 0 amide bonds. The molecule has 0 radical (unpaired) electrons. The standard InChI is InChI=1S/C6H8O5/c7-3-2-1-10-6(11-2)5(9)4(3)8/h2,5-9H,1H2/t2-,5+,6-/m1/s1. The molecular weight excluding hydrogens is 152 g/mol. The molecule has 3 atom stereocenters. The van der Waals surface area contributed by atoms with Gasteiger partial charge in [0, 0.05) is 0 Å². The zero-order valence-electron chi connectivity index (χ0n) is 5.60. The van der Waals surface area contributed by atoms with E-state index in [2.05, 4.69) is 0 Å². The highest BCUT2D eigenvalue weighted by Crippen LogP contribution is 2.29. The van der Waals surface area contributed by atoms with Crippen LogP contribution in [0, 0.1) is 0 Å². The van der Waals surface area contributed by atoms with E-state index in [-0.39, 0.29) is 12.4 Å². The van der Waals surface area contributed by atoms with Crippen LogP contribution in [0.25, 0.3) is 0 Å². The van der Waals surface area contributed by atoms with Gasteiger partial charge in [0.05, 0.1) is 6.61 Å². The zero-order chi connectivity index (χ0) is 8.01. The Balaban J connectivity index is 2.34. The maximum Gasteiger partial charge on any atom is 0.192 e. The number of aliphatic hydroxyl groups excluding tert-OH is 3. The van der Waals surface area contributed by atoms with E-state index in [1.54, 1.807) is 0 Å². The average Bonchev–Trinajstić information content (AvgIpc) is 2.44. The Kier molecular flexibility index (Phi) is 1.32. The van der Waals surface area contributed by atoms with Crippen molar-refractivity contribution in [2.24, 2.45) is 0 Å². The van der Waals surface area contributed by atoms with Gasteiger partial charge < -0.3 is 24.8 Å². The quantitative estimate of drug-likeness (QED) is 0.442. The number of hydrogen-bond acceptors (Lipinski definition) is 5. The number of hydrogen-bond donors (Lipinski definition) is 3. The van der Waals surface area contributed by atoms with Crippen LogP contribution in [-0.2, 0) is 9.47 Å². The molecular formula is C6H8O5. The highest BCUT2D eigenvalue weighted by Gasteiger charge is 2.43. The van der Waals surface area contributed by atoms with Crippen molar-refractivity contribution in [3.8, 4) is 0 Å². The molecule has 11 heavy (non-hydrogen) atoms. The number of fused-ring (bicyclic) bond motifs is 2. The van der Waals surface area contributed by atoms with E-state index in [9.17, 15) is 0 Å². The first-order valence-electron chi connectivity index (χ1n) is 3.27. The summed E-state index contributed by atoms with van der Waals surface area (Å²) in [5, 5.41) is 27.3. The fraction of sp³-hybridized carbons (Fsp3) is 0.667. The Bertz CT molecular complexity index is 207. The van der Waals surface area contributed by atoms with Crippen LogP contribution in [0.5, 0.6) is 0 Å². The second-order valence-corrected chi connectivity index (χ2v) is 2.54. The molecule has 2 aliphatic heterocycles. The molecule has 62 valence electrons. The molecule has 0 aliphatic carbocycles. The summed E-state index contributed by atoms with van der Waals surface area (Å²) in [5.74, 6) is -0.769. The van der Waals surface area contributed by atoms with Crippen molar-refractivity contribution >= 4 is 0 Å². The summed E-state index contributed by atoms with van der Waals surface area (Å²) in [7, 11) is 0. The van der Waals surface area contributed by atoms with Gasteiger partial charge in [0.2, 0.25) is 0 Å². The monoisotopic (exact) mass is 160 g/mol. The molecule has 0 aromatic heterocycles. The molecule has 0 aromatic rings. The van der Waals surface area contributed by atoms with Crippen LogP contribution >= 0.6 is 0 Å². The van der Waals surface area contributed by atoms with E-state index in [0.717, 1.165) is 0 Å². The maximum absolute atomic E-state index is 9.12. The molecule has 3 N–H and O–H groups in total. The molecule has 2 bridgehead atoms. The molecule has 5 nitrogen and oxygen atoms in total. The van der Waals surface area contributed by atoms with Crippen molar-refractivity contribution in [2.75, 3.05) is 6.61 Å². The van der Waals surface area contributed by atoms with Crippen molar-refractivity contribution in [3.63, 3.8) is 0 Å². The second kappa shape index (κ2) is 2.10. The van der Waals surface area contributed by atoms with Gasteiger partial charge in [0.1, 0.15) is 6.10 Å². The summed E-state index contributed by atoms with van der Waals surface area (Å²) in [5.41, 5.74) is 0. The highest BCUT2D eigenvalue weighted by atomic mass is 16.7. The lowest BCUT2D eigenvalue weighted by Crippen LogP contribution is -2.35. The van der Waals surface area contributed by atoms with E-state index in [1.165, 1.54) is 0 Å². The van der Waals surface area contributed by atoms with Gasteiger partial charge in [0.15, 0.2) is 23.9 Å². The van der Waals surface area contributed by atoms with Crippen molar-refractivity contribution < 1.29 is 24.8 Å². The lowest BCUT2D eigenvalue weighted by Gasteiger charge is -2.22. The first-order valence-corrected chi connectivity index (χ1v) is 3.27. The molecule has 0 spiro atoms. The normalized spacial score (nSPS) is 43.2. The van der Waals surface area contributed by atoms with Gasteiger partial charge in [-0.2, -0.15) is 0 Å². The van der Waals surface area contributed by atoms with E-state index >= 15 is 0 Å². The maximum atomic E-state index is 9.12. The summed E-state index contributed by atoms with van der Waals surface area (Å²) < 4.78 is 9.85. The molecule has 1 saturated heterocycles. The molecule has 0 unspecified atom stereocenters. The van der Waals surface area contributed by atoms with Crippen LogP contribution in [0.4, 0.5) is 0 Å². The Morgan fingerprint density at radius 1 is 1.27 bits per heavy atom. The van der Waals surface area contributed by atoms with Crippen LogP contribution in [0.2, 0.25) is 0 Å². The van der Waals surface area contributed by atoms with Gasteiger partial charge >= 0.3 is 0 Å². The van der Waals surface area contributed by atoms with Gasteiger partial charge in [-0.25, -0.2) is 0 Å². The Hall–Kier alpha value is -0.780. The molecule has 5 heteroatoms. The zero-order valence-corrected chi connectivity index (χ0v) is 5.60. The first kappa shape index (κ1) is 6.90. The van der Waals surface area contributed by atoms with Crippen molar-refractivity contribution in [1.29, 1.82) is 0 Å². The number of ether oxygens (including phenoxy) is 2. The van der Waals surface area contributed by atoms with Crippen LogP contribution in [0.1, 0.15) is 0 Å². The third kappa shape index (κ3) is 0.819. The molecule has 2 aliphatic rings. The predicted octanol–water partition coefficient (Wildman–Crippen LogP) is -0.570. The highest BCUT2D eigenvalue weighted by molar-refractivity contribution is 5.15. The Morgan fingerprint density at radius 2 is 2.00 bits per heavy atom. The number of rotatable bonds is 0. The predicted molar refractivity (Wildman–Crippen MR) is 32.9 cm³/mol.